The predicted molar refractivity (Wildman–Crippen MR) is 67.1 cm³/mol. The summed E-state index contributed by atoms with van der Waals surface area (Å²) in [6, 6.07) is 5.57. The first-order valence-electron chi connectivity index (χ1n) is 5.57. The molecule has 0 fully saturated rings. The Labute approximate surface area is 98.3 Å². The predicted octanol–water partition coefficient (Wildman–Crippen LogP) is 3.72. The average molecular weight is 222 g/mol. The van der Waals surface area contributed by atoms with Crippen LogP contribution in [0.1, 0.15) is 40.2 Å². The van der Waals surface area contributed by atoms with Crippen LogP contribution in [-0.4, -0.2) is 12.2 Å². The van der Waals surface area contributed by atoms with Crippen molar-refractivity contribution in [3.05, 3.63) is 23.8 Å². The molecule has 0 spiro atoms. The molecule has 16 heavy (non-hydrogen) atoms. The minimum atomic E-state index is 0.0218. The summed E-state index contributed by atoms with van der Waals surface area (Å²) in [5.41, 5.74) is 1.35. The van der Waals surface area contributed by atoms with E-state index in [2.05, 4.69) is 34.6 Å². The highest BCUT2D eigenvalue weighted by molar-refractivity contribution is 5.44. The molecule has 2 nitrogen and oxygen atoms in total. The van der Waals surface area contributed by atoms with Crippen LogP contribution >= 0.6 is 0 Å². The lowest BCUT2D eigenvalue weighted by atomic mass is 9.65. The third kappa shape index (κ3) is 2.16. The second-order valence-corrected chi connectivity index (χ2v) is 5.76. The van der Waals surface area contributed by atoms with Crippen molar-refractivity contribution in [2.45, 2.75) is 40.0 Å². The molecule has 0 saturated heterocycles. The van der Waals surface area contributed by atoms with Crippen LogP contribution in [0.3, 0.4) is 0 Å². The van der Waals surface area contributed by atoms with Crippen molar-refractivity contribution in [1.82, 2.24) is 0 Å². The lowest BCUT2D eigenvalue weighted by molar-refractivity contribution is 0.224. The third-order valence-corrected chi connectivity index (χ3v) is 3.78. The fourth-order valence-corrected chi connectivity index (χ4v) is 1.50. The van der Waals surface area contributed by atoms with Crippen molar-refractivity contribution < 1.29 is 9.84 Å². The van der Waals surface area contributed by atoms with Gasteiger partial charge in [-0.2, -0.15) is 0 Å². The Morgan fingerprint density at radius 1 is 1.06 bits per heavy atom. The van der Waals surface area contributed by atoms with E-state index in [0.717, 1.165) is 0 Å². The molecule has 1 aromatic carbocycles. The lowest BCUT2D eigenvalue weighted by Gasteiger charge is -2.39. The van der Waals surface area contributed by atoms with Gasteiger partial charge in [-0.3, -0.25) is 0 Å². The van der Waals surface area contributed by atoms with Crippen LogP contribution in [-0.2, 0) is 5.41 Å². The molecule has 1 rings (SSSR count). The van der Waals surface area contributed by atoms with Crippen molar-refractivity contribution in [2.24, 2.45) is 5.41 Å². The Morgan fingerprint density at radius 3 is 2.06 bits per heavy atom. The summed E-state index contributed by atoms with van der Waals surface area (Å²) < 4.78 is 5.14. The number of benzene rings is 1. The van der Waals surface area contributed by atoms with E-state index in [0.29, 0.717) is 5.75 Å². The van der Waals surface area contributed by atoms with E-state index in [-0.39, 0.29) is 16.6 Å². The van der Waals surface area contributed by atoms with Gasteiger partial charge in [-0.1, -0.05) is 40.7 Å². The Kier molecular flexibility index (Phi) is 3.22. The zero-order valence-electron chi connectivity index (χ0n) is 11.1. The number of methoxy groups -OCH3 is 1. The maximum atomic E-state index is 9.58. The van der Waals surface area contributed by atoms with Gasteiger partial charge in [0.1, 0.15) is 0 Å². The normalized spacial score (nSPS) is 12.6. The van der Waals surface area contributed by atoms with Gasteiger partial charge in [0.15, 0.2) is 11.5 Å². The molecule has 0 aliphatic rings. The molecule has 2 heteroatoms. The zero-order chi connectivity index (χ0) is 12.6. The molecule has 0 bridgehead atoms. The molecule has 0 radical (unpaired) electrons. The molecule has 1 N–H and O–H groups in total. The van der Waals surface area contributed by atoms with E-state index in [1.165, 1.54) is 5.56 Å². The first-order chi connectivity index (χ1) is 7.20. The number of phenols is 1. The summed E-state index contributed by atoms with van der Waals surface area (Å²) in [5.74, 6) is 0.728. The van der Waals surface area contributed by atoms with E-state index >= 15 is 0 Å². The molecular weight excluding hydrogens is 200 g/mol. The molecule has 0 heterocycles. The van der Waals surface area contributed by atoms with Crippen molar-refractivity contribution in [3.8, 4) is 11.5 Å². The van der Waals surface area contributed by atoms with Gasteiger partial charge in [-0.15, -0.1) is 0 Å². The fraction of sp³-hybridized carbons (Fsp3) is 0.571. The van der Waals surface area contributed by atoms with Gasteiger partial charge in [-0.25, -0.2) is 0 Å². The molecule has 1 aromatic rings. The summed E-state index contributed by atoms with van der Waals surface area (Å²) in [6.07, 6.45) is 0. The second kappa shape index (κ2) is 4.00. The van der Waals surface area contributed by atoms with Crippen LogP contribution in [0.4, 0.5) is 0 Å². The Hall–Kier alpha value is -1.18. The highest BCUT2D eigenvalue weighted by Crippen LogP contribution is 2.43. The number of hydrogen-bond acceptors (Lipinski definition) is 2. The summed E-state index contributed by atoms with van der Waals surface area (Å²) in [6.45, 7) is 11.1. The van der Waals surface area contributed by atoms with Crippen LogP contribution in [0.15, 0.2) is 18.2 Å². The van der Waals surface area contributed by atoms with Crippen molar-refractivity contribution in [2.75, 3.05) is 7.11 Å². The van der Waals surface area contributed by atoms with Crippen molar-refractivity contribution in [3.63, 3.8) is 0 Å². The minimum absolute atomic E-state index is 0.0218. The van der Waals surface area contributed by atoms with Crippen LogP contribution < -0.4 is 4.74 Å². The molecule has 0 aromatic heterocycles. The van der Waals surface area contributed by atoms with E-state index in [4.69, 9.17) is 4.74 Å². The number of hydrogen-bond donors (Lipinski definition) is 1. The monoisotopic (exact) mass is 222 g/mol. The van der Waals surface area contributed by atoms with Gasteiger partial charge >= 0.3 is 0 Å². The Balaban J connectivity index is 3.24. The van der Waals surface area contributed by atoms with Crippen LogP contribution in [0.5, 0.6) is 11.5 Å². The molecular formula is C14H22O2. The first kappa shape index (κ1) is 12.9. The quantitative estimate of drug-likeness (QED) is 0.826. The molecule has 90 valence electrons. The van der Waals surface area contributed by atoms with Gasteiger partial charge in [-0.05, 0) is 28.5 Å². The molecule has 0 amide bonds. The average Bonchev–Trinajstić information content (AvgIpc) is 2.16. The number of phenolic OH excluding ortho intramolecular Hbond substituents is 1. The highest BCUT2D eigenvalue weighted by Gasteiger charge is 2.34. The topological polar surface area (TPSA) is 29.5 Å². The molecule has 0 atom stereocenters. The minimum Gasteiger partial charge on any atom is -0.504 e. The molecule has 0 saturated carbocycles. The number of ether oxygens (including phenoxy) is 1. The molecule has 0 aliphatic carbocycles. The zero-order valence-corrected chi connectivity index (χ0v) is 11.1. The van der Waals surface area contributed by atoms with Gasteiger partial charge in [0.2, 0.25) is 0 Å². The highest BCUT2D eigenvalue weighted by atomic mass is 16.5. The summed E-state index contributed by atoms with van der Waals surface area (Å²) in [4.78, 5) is 0. The van der Waals surface area contributed by atoms with Crippen molar-refractivity contribution in [1.29, 1.82) is 0 Å². The number of rotatable bonds is 2. The van der Waals surface area contributed by atoms with Crippen LogP contribution in [0.2, 0.25) is 0 Å². The number of aromatic hydroxyl groups is 1. The Bertz CT molecular complexity index is 373. The van der Waals surface area contributed by atoms with E-state index in [9.17, 15) is 5.11 Å². The molecule has 0 aliphatic heterocycles. The summed E-state index contributed by atoms with van der Waals surface area (Å²) >= 11 is 0. The van der Waals surface area contributed by atoms with Gasteiger partial charge in [0.05, 0.1) is 7.11 Å². The largest absolute Gasteiger partial charge is 0.504 e. The van der Waals surface area contributed by atoms with Crippen molar-refractivity contribution >= 4 is 0 Å². The maximum absolute atomic E-state index is 9.58. The third-order valence-electron chi connectivity index (χ3n) is 3.78. The van der Waals surface area contributed by atoms with E-state index < -0.39 is 0 Å². The van der Waals surface area contributed by atoms with Crippen LogP contribution in [0.25, 0.3) is 0 Å². The molecule has 0 unspecified atom stereocenters. The smallest absolute Gasteiger partial charge is 0.160 e. The maximum Gasteiger partial charge on any atom is 0.160 e. The first-order valence-corrected chi connectivity index (χ1v) is 5.57. The van der Waals surface area contributed by atoms with Gasteiger partial charge in [0.25, 0.3) is 0 Å². The summed E-state index contributed by atoms with van der Waals surface area (Å²) in [5, 5.41) is 9.58. The van der Waals surface area contributed by atoms with E-state index in [1.54, 1.807) is 13.2 Å². The van der Waals surface area contributed by atoms with Gasteiger partial charge < -0.3 is 9.84 Å². The lowest BCUT2D eigenvalue weighted by Crippen LogP contribution is -2.33. The van der Waals surface area contributed by atoms with Gasteiger partial charge in [0, 0.05) is 0 Å². The Morgan fingerprint density at radius 2 is 1.62 bits per heavy atom. The standard InChI is InChI=1S/C14H22O2/c1-13(2,3)14(4,5)10-7-8-11(15)12(9-10)16-6/h7-9,15H,1-6H3. The fourth-order valence-electron chi connectivity index (χ4n) is 1.50. The second-order valence-electron chi connectivity index (χ2n) is 5.76. The van der Waals surface area contributed by atoms with Crippen LogP contribution in [0, 0.1) is 5.41 Å². The summed E-state index contributed by atoms with van der Waals surface area (Å²) in [7, 11) is 1.57. The van der Waals surface area contributed by atoms with E-state index in [1.807, 2.05) is 12.1 Å². The SMILES string of the molecule is COc1cc(C(C)(C)C(C)(C)C)ccc1O.